The molecule has 1 aliphatic rings. The maximum Gasteiger partial charge on any atom is 0.267 e. The van der Waals surface area contributed by atoms with E-state index in [-0.39, 0.29) is 11.8 Å². The third-order valence-electron chi connectivity index (χ3n) is 5.46. The third kappa shape index (κ3) is 5.79. The Bertz CT molecular complexity index is 923. The molecule has 0 unspecified atom stereocenters. The monoisotopic (exact) mass is 437 g/mol. The van der Waals surface area contributed by atoms with E-state index in [0.29, 0.717) is 34.1 Å². The van der Waals surface area contributed by atoms with Crippen LogP contribution in [0.3, 0.4) is 0 Å². The summed E-state index contributed by atoms with van der Waals surface area (Å²) in [5.74, 6) is 0.857. The Morgan fingerprint density at radius 3 is 2.26 bits per heavy atom. The van der Waals surface area contributed by atoms with Crippen LogP contribution in [0.1, 0.15) is 56.6 Å². The van der Waals surface area contributed by atoms with Crippen LogP contribution in [0.15, 0.2) is 59.5 Å². The SMILES string of the molecule is CCCCCCCCN1C(=O)C(SCc2ccccc2)=C(c2ccccc2OC)C1=O. The normalized spacial score (nSPS) is 13.9. The fourth-order valence-corrected chi connectivity index (χ4v) is 4.84. The number of imide groups is 1. The molecule has 2 amide bonds. The number of carbonyl (C=O) groups is 2. The Morgan fingerprint density at radius 2 is 1.52 bits per heavy atom. The maximum atomic E-state index is 13.4. The van der Waals surface area contributed by atoms with Crippen molar-refractivity contribution >= 4 is 29.1 Å². The lowest BCUT2D eigenvalue weighted by Crippen LogP contribution is -2.32. The first-order valence-corrected chi connectivity index (χ1v) is 12.1. The summed E-state index contributed by atoms with van der Waals surface area (Å²) >= 11 is 1.44. The number of benzene rings is 2. The lowest BCUT2D eigenvalue weighted by Gasteiger charge is -2.15. The van der Waals surface area contributed by atoms with Crippen LogP contribution in [-0.2, 0) is 15.3 Å². The molecule has 0 aromatic heterocycles. The molecule has 0 N–H and O–H groups in total. The topological polar surface area (TPSA) is 46.6 Å². The number of ether oxygens (including phenoxy) is 1. The van der Waals surface area contributed by atoms with Crippen molar-refractivity contribution in [3.63, 3.8) is 0 Å². The largest absolute Gasteiger partial charge is 0.496 e. The molecule has 1 aliphatic heterocycles. The van der Waals surface area contributed by atoms with Gasteiger partial charge in [0.2, 0.25) is 0 Å². The van der Waals surface area contributed by atoms with Crippen LogP contribution in [0, 0.1) is 0 Å². The highest BCUT2D eigenvalue weighted by molar-refractivity contribution is 8.03. The number of hydrogen-bond acceptors (Lipinski definition) is 4. The van der Waals surface area contributed by atoms with Crippen LogP contribution in [0.25, 0.3) is 5.57 Å². The van der Waals surface area contributed by atoms with Crippen molar-refractivity contribution in [2.24, 2.45) is 0 Å². The first-order chi connectivity index (χ1) is 15.2. The first-order valence-electron chi connectivity index (χ1n) is 11.1. The predicted octanol–water partition coefficient (Wildman–Crippen LogP) is 6.07. The molecule has 0 radical (unpaired) electrons. The first kappa shape index (κ1) is 23.1. The van der Waals surface area contributed by atoms with Crippen molar-refractivity contribution in [3.05, 3.63) is 70.6 Å². The highest BCUT2D eigenvalue weighted by Gasteiger charge is 2.39. The molecule has 0 saturated carbocycles. The van der Waals surface area contributed by atoms with E-state index in [0.717, 1.165) is 24.8 Å². The zero-order chi connectivity index (χ0) is 22.1. The van der Waals surface area contributed by atoms with Crippen LogP contribution in [0.2, 0.25) is 0 Å². The van der Waals surface area contributed by atoms with Crippen LogP contribution < -0.4 is 4.74 Å². The molecule has 3 rings (SSSR count). The minimum atomic E-state index is -0.210. The molecular formula is C26H31NO3S. The van der Waals surface area contributed by atoms with Crippen molar-refractivity contribution in [3.8, 4) is 5.75 Å². The Labute approximate surface area is 189 Å². The van der Waals surface area contributed by atoms with Gasteiger partial charge in [0.15, 0.2) is 0 Å². The Morgan fingerprint density at radius 1 is 0.839 bits per heavy atom. The maximum absolute atomic E-state index is 13.4. The van der Waals surface area contributed by atoms with Gasteiger partial charge in [0.1, 0.15) is 5.75 Å². The third-order valence-corrected chi connectivity index (χ3v) is 6.61. The minimum absolute atomic E-state index is 0.180. The molecule has 1 heterocycles. The van der Waals surface area contributed by atoms with E-state index in [9.17, 15) is 9.59 Å². The highest BCUT2D eigenvalue weighted by Crippen LogP contribution is 2.40. The van der Waals surface area contributed by atoms with Crippen molar-refractivity contribution in [2.75, 3.05) is 13.7 Å². The summed E-state index contributed by atoms with van der Waals surface area (Å²) in [4.78, 5) is 28.6. The molecule has 31 heavy (non-hydrogen) atoms. The van der Waals surface area contributed by atoms with E-state index in [2.05, 4.69) is 6.92 Å². The van der Waals surface area contributed by atoms with E-state index in [1.807, 2.05) is 54.6 Å². The van der Waals surface area contributed by atoms with Gasteiger partial charge in [-0.2, -0.15) is 0 Å². The molecule has 4 nitrogen and oxygen atoms in total. The van der Waals surface area contributed by atoms with Crippen LogP contribution in [0.5, 0.6) is 5.75 Å². The number of nitrogens with zero attached hydrogens (tertiary/aromatic N) is 1. The van der Waals surface area contributed by atoms with E-state index in [1.165, 1.54) is 35.9 Å². The molecule has 164 valence electrons. The Kier molecular flexibility index (Phi) is 8.77. The lowest BCUT2D eigenvalue weighted by atomic mass is 10.0. The zero-order valence-corrected chi connectivity index (χ0v) is 19.2. The van der Waals surface area contributed by atoms with Crippen molar-refractivity contribution in [2.45, 2.75) is 51.2 Å². The number of amides is 2. The summed E-state index contributed by atoms with van der Waals surface area (Å²) in [6.45, 7) is 2.67. The molecule has 0 atom stereocenters. The summed E-state index contributed by atoms with van der Waals surface area (Å²) < 4.78 is 5.50. The number of para-hydroxylation sites is 1. The van der Waals surface area contributed by atoms with E-state index >= 15 is 0 Å². The zero-order valence-electron chi connectivity index (χ0n) is 18.4. The van der Waals surface area contributed by atoms with Gasteiger partial charge in [0.05, 0.1) is 17.6 Å². The smallest absolute Gasteiger partial charge is 0.267 e. The number of carbonyl (C=O) groups excluding carboxylic acids is 2. The number of unbranched alkanes of at least 4 members (excludes halogenated alkanes) is 5. The Hall–Kier alpha value is -2.53. The summed E-state index contributed by atoms with van der Waals surface area (Å²) in [5.41, 5.74) is 2.27. The minimum Gasteiger partial charge on any atom is -0.496 e. The summed E-state index contributed by atoms with van der Waals surface area (Å²) in [7, 11) is 1.59. The second-order valence-corrected chi connectivity index (χ2v) is 8.69. The number of methoxy groups -OCH3 is 1. The Balaban J connectivity index is 1.81. The van der Waals surface area contributed by atoms with Crippen molar-refractivity contribution in [1.82, 2.24) is 4.90 Å². The van der Waals surface area contributed by atoms with Gasteiger partial charge in [-0.05, 0) is 18.1 Å². The lowest BCUT2D eigenvalue weighted by molar-refractivity contribution is -0.136. The predicted molar refractivity (Wildman–Crippen MR) is 128 cm³/mol. The van der Waals surface area contributed by atoms with Crippen molar-refractivity contribution < 1.29 is 14.3 Å². The van der Waals surface area contributed by atoms with Gasteiger partial charge < -0.3 is 4.74 Å². The van der Waals surface area contributed by atoms with E-state index in [1.54, 1.807) is 7.11 Å². The fraction of sp³-hybridized carbons (Fsp3) is 0.385. The summed E-state index contributed by atoms with van der Waals surface area (Å²) in [6.07, 6.45) is 6.68. The molecule has 0 spiro atoms. The van der Waals surface area contributed by atoms with Crippen LogP contribution >= 0.6 is 11.8 Å². The molecule has 0 fully saturated rings. The average Bonchev–Trinajstić information content (AvgIpc) is 3.04. The molecule has 0 bridgehead atoms. The van der Waals surface area contributed by atoms with Crippen LogP contribution in [0.4, 0.5) is 0 Å². The molecule has 0 aliphatic carbocycles. The molecule has 5 heteroatoms. The molecule has 0 saturated heterocycles. The van der Waals surface area contributed by atoms with Gasteiger partial charge in [-0.1, -0.05) is 87.6 Å². The van der Waals surface area contributed by atoms with Gasteiger partial charge in [0, 0.05) is 17.9 Å². The number of rotatable bonds is 12. The standard InChI is InChI=1S/C26H31NO3S/c1-3-4-5-6-7-13-18-27-25(28)23(21-16-11-12-17-22(21)30-2)24(26(27)29)31-19-20-14-9-8-10-15-20/h8-12,14-17H,3-7,13,18-19H2,1-2H3. The average molecular weight is 438 g/mol. The van der Waals surface area contributed by atoms with E-state index < -0.39 is 0 Å². The number of thioether (sulfide) groups is 1. The molecule has 2 aromatic rings. The van der Waals surface area contributed by atoms with Gasteiger partial charge in [-0.25, -0.2) is 0 Å². The fourth-order valence-electron chi connectivity index (χ4n) is 3.76. The highest BCUT2D eigenvalue weighted by atomic mass is 32.2. The van der Waals surface area contributed by atoms with Gasteiger partial charge in [-0.15, -0.1) is 11.8 Å². The summed E-state index contributed by atoms with van der Waals surface area (Å²) in [6, 6.07) is 17.4. The van der Waals surface area contributed by atoms with Gasteiger partial charge >= 0.3 is 0 Å². The summed E-state index contributed by atoms with van der Waals surface area (Å²) in [5, 5.41) is 0. The molecule has 2 aromatic carbocycles. The molecular weight excluding hydrogens is 406 g/mol. The second-order valence-electron chi connectivity index (χ2n) is 7.71. The van der Waals surface area contributed by atoms with E-state index in [4.69, 9.17) is 4.74 Å². The number of hydrogen-bond donors (Lipinski definition) is 0. The van der Waals surface area contributed by atoms with Gasteiger partial charge in [-0.3, -0.25) is 14.5 Å². The quantitative estimate of drug-likeness (QED) is 0.299. The van der Waals surface area contributed by atoms with Crippen molar-refractivity contribution in [1.29, 1.82) is 0 Å². The van der Waals surface area contributed by atoms with Crippen LogP contribution in [-0.4, -0.2) is 30.4 Å². The van der Waals surface area contributed by atoms with Gasteiger partial charge in [0.25, 0.3) is 11.8 Å². The second kappa shape index (κ2) is 11.8.